The van der Waals surface area contributed by atoms with Gasteiger partial charge in [-0.3, -0.25) is 4.68 Å². The largest absolute Gasteiger partial charge is 0.314 e. The zero-order valence-electron chi connectivity index (χ0n) is 10.2. The molecular formula is C13H20N4. The maximum absolute atomic E-state index is 8.92. The lowest BCUT2D eigenvalue weighted by Crippen LogP contribution is -2.34. The van der Waals surface area contributed by atoms with E-state index in [1.165, 1.54) is 12.8 Å². The summed E-state index contributed by atoms with van der Waals surface area (Å²) >= 11 is 0. The van der Waals surface area contributed by atoms with Crippen LogP contribution in [0.1, 0.15) is 32.1 Å². The van der Waals surface area contributed by atoms with Crippen molar-refractivity contribution in [2.45, 2.75) is 44.7 Å². The molecule has 17 heavy (non-hydrogen) atoms. The van der Waals surface area contributed by atoms with Gasteiger partial charge < -0.3 is 5.32 Å². The van der Waals surface area contributed by atoms with Crippen molar-refractivity contribution in [1.29, 1.82) is 5.26 Å². The molecule has 1 aromatic rings. The highest BCUT2D eigenvalue weighted by atomic mass is 15.3. The summed E-state index contributed by atoms with van der Waals surface area (Å²) < 4.78 is 1.96. The van der Waals surface area contributed by atoms with Crippen LogP contribution in [-0.4, -0.2) is 22.4 Å². The van der Waals surface area contributed by atoms with Crippen LogP contribution in [0.5, 0.6) is 0 Å². The number of nitrogens with one attached hydrogen (secondary N) is 1. The third kappa shape index (κ3) is 3.86. The number of aromatic nitrogens is 2. The molecule has 0 saturated heterocycles. The van der Waals surface area contributed by atoms with E-state index in [1.807, 2.05) is 23.1 Å². The van der Waals surface area contributed by atoms with Crippen LogP contribution in [0.25, 0.3) is 0 Å². The molecule has 1 aliphatic carbocycles. The Bertz CT molecular complexity index is 352. The molecule has 4 nitrogen and oxygen atoms in total. The van der Waals surface area contributed by atoms with Crippen molar-refractivity contribution >= 4 is 0 Å². The maximum Gasteiger partial charge on any atom is 0.0656 e. The lowest BCUT2D eigenvalue weighted by atomic mass is 9.87. The lowest BCUT2D eigenvalue weighted by Gasteiger charge is -2.26. The molecule has 2 rings (SSSR count). The summed E-state index contributed by atoms with van der Waals surface area (Å²) in [5.74, 6) is 0.271. The fourth-order valence-electron chi connectivity index (χ4n) is 2.47. The second kappa shape index (κ2) is 6.41. The smallest absolute Gasteiger partial charge is 0.0656 e. The highest BCUT2D eigenvalue weighted by molar-refractivity contribution is 4.90. The normalized spacial score (nSPS) is 24.4. The monoisotopic (exact) mass is 232 g/mol. The van der Waals surface area contributed by atoms with E-state index in [-0.39, 0.29) is 5.92 Å². The fourth-order valence-corrected chi connectivity index (χ4v) is 2.47. The zero-order valence-corrected chi connectivity index (χ0v) is 10.2. The van der Waals surface area contributed by atoms with Crippen LogP contribution in [0.2, 0.25) is 0 Å². The van der Waals surface area contributed by atoms with Gasteiger partial charge in [0.1, 0.15) is 0 Å². The highest BCUT2D eigenvalue weighted by Gasteiger charge is 2.20. The van der Waals surface area contributed by atoms with E-state index >= 15 is 0 Å². The second-order valence-electron chi connectivity index (χ2n) is 4.77. The molecular weight excluding hydrogens is 212 g/mol. The molecule has 1 heterocycles. The van der Waals surface area contributed by atoms with E-state index in [0.717, 1.165) is 32.4 Å². The summed E-state index contributed by atoms with van der Waals surface area (Å²) in [6, 6.07) is 4.89. The van der Waals surface area contributed by atoms with E-state index in [4.69, 9.17) is 5.26 Å². The predicted molar refractivity (Wildman–Crippen MR) is 66.2 cm³/mol. The van der Waals surface area contributed by atoms with Gasteiger partial charge in [0.2, 0.25) is 0 Å². The third-order valence-electron chi connectivity index (χ3n) is 3.41. The minimum Gasteiger partial charge on any atom is -0.314 e. The first kappa shape index (κ1) is 12.1. The van der Waals surface area contributed by atoms with Gasteiger partial charge >= 0.3 is 0 Å². The van der Waals surface area contributed by atoms with Gasteiger partial charge in [-0.15, -0.1) is 0 Å². The molecule has 1 fully saturated rings. The van der Waals surface area contributed by atoms with Gasteiger partial charge in [0, 0.05) is 30.9 Å². The topological polar surface area (TPSA) is 53.6 Å². The van der Waals surface area contributed by atoms with Crippen LogP contribution in [0.15, 0.2) is 18.5 Å². The molecule has 0 bridgehead atoms. The summed E-state index contributed by atoms with van der Waals surface area (Å²) in [5, 5.41) is 16.6. The standard InChI is InChI=1S/C13H20N4/c14-11-12-4-1-5-13(10-12)15-6-2-8-17-9-3-7-16-17/h3,7,9,12-13,15H,1-2,4-6,8,10H2/t12-,13-/m0/s1. The van der Waals surface area contributed by atoms with E-state index in [9.17, 15) is 0 Å². The number of nitrogens with zero attached hydrogens (tertiary/aromatic N) is 3. The number of hydrogen-bond donors (Lipinski definition) is 1. The number of nitriles is 1. The number of hydrogen-bond acceptors (Lipinski definition) is 3. The Morgan fingerprint density at radius 2 is 2.41 bits per heavy atom. The molecule has 1 aromatic heterocycles. The Morgan fingerprint density at radius 1 is 1.47 bits per heavy atom. The first-order valence-electron chi connectivity index (χ1n) is 6.49. The summed E-state index contributed by atoms with van der Waals surface area (Å²) in [6.07, 6.45) is 9.42. The number of rotatable bonds is 5. The summed E-state index contributed by atoms with van der Waals surface area (Å²) in [4.78, 5) is 0. The Balaban J connectivity index is 1.60. The predicted octanol–water partition coefficient (Wildman–Crippen LogP) is 1.95. The van der Waals surface area contributed by atoms with E-state index in [1.54, 1.807) is 0 Å². The molecule has 0 aromatic carbocycles. The molecule has 92 valence electrons. The van der Waals surface area contributed by atoms with E-state index < -0.39 is 0 Å². The van der Waals surface area contributed by atoms with Gasteiger partial charge in [-0.1, -0.05) is 6.42 Å². The Morgan fingerprint density at radius 3 is 3.18 bits per heavy atom. The SMILES string of the molecule is N#C[C@H]1CCC[C@H](NCCCn2cccn2)C1. The first-order valence-corrected chi connectivity index (χ1v) is 6.49. The lowest BCUT2D eigenvalue weighted by molar-refractivity contribution is 0.324. The molecule has 2 atom stereocenters. The minimum atomic E-state index is 0.271. The van der Waals surface area contributed by atoms with Crippen molar-refractivity contribution in [2.75, 3.05) is 6.54 Å². The molecule has 1 saturated carbocycles. The Hall–Kier alpha value is -1.34. The van der Waals surface area contributed by atoms with Crippen LogP contribution < -0.4 is 5.32 Å². The van der Waals surface area contributed by atoms with Crippen LogP contribution in [-0.2, 0) is 6.54 Å². The van der Waals surface area contributed by atoms with Gasteiger partial charge in [0.15, 0.2) is 0 Å². The molecule has 1 N–H and O–H groups in total. The van der Waals surface area contributed by atoms with Crippen molar-refractivity contribution in [1.82, 2.24) is 15.1 Å². The zero-order chi connectivity index (χ0) is 11.9. The fraction of sp³-hybridized carbons (Fsp3) is 0.692. The second-order valence-corrected chi connectivity index (χ2v) is 4.77. The summed E-state index contributed by atoms with van der Waals surface area (Å²) in [7, 11) is 0. The van der Waals surface area contributed by atoms with Gasteiger partial charge in [-0.2, -0.15) is 10.4 Å². The average Bonchev–Trinajstić information content (AvgIpc) is 2.88. The van der Waals surface area contributed by atoms with Gasteiger partial charge in [0.05, 0.1) is 6.07 Å². The van der Waals surface area contributed by atoms with E-state index in [2.05, 4.69) is 16.5 Å². The first-order chi connectivity index (χ1) is 8.38. The Labute approximate surface area is 103 Å². The molecule has 0 unspecified atom stereocenters. The van der Waals surface area contributed by atoms with Gasteiger partial charge in [-0.25, -0.2) is 0 Å². The molecule has 4 heteroatoms. The summed E-state index contributed by atoms with van der Waals surface area (Å²) in [6.45, 7) is 1.98. The van der Waals surface area contributed by atoms with Crippen molar-refractivity contribution in [3.63, 3.8) is 0 Å². The van der Waals surface area contributed by atoms with Crippen LogP contribution in [0, 0.1) is 17.2 Å². The molecule has 1 aliphatic rings. The molecule has 0 aliphatic heterocycles. The molecule has 0 amide bonds. The third-order valence-corrected chi connectivity index (χ3v) is 3.41. The van der Waals surface area contributed by atoms with Crippen molar-refractivity contribution in [2.24, 2.45) is 5.92 Å². The van der Waals surface area contributed by atoms with Crippen molar-refractivity contribution < 1.29 is 0 Å². The van der Waals surface area contributed by atoms with Crippen LogP contribution in [0.3, 0.4) is 0 Å². The minimum absolute atomic E-state index is 0.271. The van der Waals surface area contributed by atoms with Crippen LogP contribution >= 0.6 is 0 Å². The molecule has 0 radical (unpaired) electrons. The van der Waals surface area contributed by atoms with Crippen molar-refractivity contribution in [3.05, 3.63) is 18.5 Å². The van der Waals surface area contributed by atoms with Gasteiger partial charge in [0.25, 0.3) is 0 Å². The Kier molecular flexibility index (Phi) is 4.57. The van der Waals surface area contributed by atoms with Gasteiger partial charge in [-0.05, 0) is 38.3 Å². The van der Waals surface area contributed by atoms with Crippen LogP contribution in [0.4, 0.5) is 0 Å². The van der Waals surface area contributed by atoms with E-state index in [0.29, 0.717) is 6.04 Å². The highest BCUT2D eigenvalue weighted by Crippen LogP contribution is 2.23. The van der Waals surface area contributed by atoms with Crippen molar-refractivity contribution in [3.8, 4) is 6.07 Å². The summed E-state index contributed by atoms with van der Waals surface area (Å²) in [5.41, 5.74) is 0. The number of aryl methyl sites for hydroxylation is 1. The quantitative estimate of drug-likeness (QED) is 0.789. The average molecular weight is 232 g/mol. The maximum atomic E-state index is 8.92. The molecule has 0 spiro atoms.